The van der Waals surface area contributed by atoms with Crippen LogP contribution in [0.3, 0.4) is 0 Å². The van der Waals surface area contributed by atoms with E-state index in [1.54, 1.807) is 0 Å². The van der Waals surface area contributed by atoms with E-state index in [4.69, 9.17) is 0 Å². The van der Waals surface area contributed by atoms with E-state index < -0.39 is 0 Å². The fraction of sp³-hybridized carbons (Fsp3) is 0.500. The first-order chi connectivity index (χ1) is 8.20. The summed E-state index contributed by atoms with van der Waals surface area (Å²) >= 11 is 0. The highest BCUT2D eigenvalue weighted by Crippen LogP contribution is 2.22. The molecule has 0 amide bonds. The molecule has 0 aliphatic carbocycles. The second kappa shape index (κ2) is 7.94. The van der Waals surface area contributed by atoms with Gasteiger partial charge in [0.25, 0.3) is 0 Å². The van der Waals surface area contributed by atoms with Crippen molar-refractivity contribution in [2.75, 3.05) is 0 Å². The van der Waals surface area contributed by atoms with Crippen molar-refractivity contribution in [3.63, 3.8) is 0 Å². The van der Waals surface area contributed by atoms with E-state index in [9.17, 15) is 0 Å². The minimum Gasteiger partial charge on any atom is -0.342 e. The first-order valence-electron chi connectivity index (χ1n) is 6.76. The molecule has 1 aromatic carbocycles. The summed E-state index contributed by atoms with van der Waals surface area (Å²) in [6.45, 7) is 14.6. The van der Waals surface area contributed by atoms with Gasteiger partial charge in [-0.15, -0.1) is 0 Å². The summed E-state index contributed by atoms with van der Waals surface area (Å²) in [6.07, 6.45) is 0. The number of aromatic nitrogens is 1. The molecule has 1 aromatic heterocycles. The van der Waals surface area contributed by atoms with Gasteiger partial charge >= 0.3 is 0 Å². The van der Waals surface area contributed by atoms with Crippen molar-refractivity contribution in [3.05, 3.63) is 36.0 Å². The van der Waals surface area contributed by atoms with Crippen molar-refractivity contribution in [2.45, 2.75) is 54.5 Å². The Morgan fingerprint density at radius 2 is 1.47 bits per heavy atom. The zero-order valence-corrected chi connectivity index (χ0v) is 12.4. The molecule has 96 valence electrons. The molecule has 0 aliphatic rings. The van der Waals surface area contributed by atoms with Crippen LogP contribution in [0, 0.1) is 6.92 Å². The van der Waals surface area contributed by atoms with Gasteiger partial charge in [0.2, 0.25) is 0 Å². The summed E-state index contributed by atoms with van der Waals surface area (Å²) in [6, 6.07) is 11.3. The van der Waals surface area contributed by atoms with Gasteiger partial charge in [0.05, 0.1) is 0 Å². The van der Waals surface area contributed by atoms with Gasteiger partial charge in [-0.2, -0.15) is 0 Å². The Balaban J connectivity index is 0.000000581. The van der Waals surface area contributed by atoms with Crippen molar-refractivity contribution < 1.29 is 0 Å². The summed E-state index contributed by atoms with van der Waals surface area (Å²) < 4.78 is 2.37. The SMILES string of the molecule is CC.CC.Cc1cc2ccccc2n1C(C)C. The van der Waals surface area contributed by atoms with Gasteiger partial charge in [-0.25, -0.2) is 0 Å². The molecule has 1 nitrogen and oxygen atoms in total. The maximum absolute atomic E-state index is 2.37. The van der Waals surface area contributed by atoms with Crippen LogP contribution in [0.25, 0.3) is 10.9 Å². The molecule has 0 atom stereocenters. The van der Waals surface area contributed by atoms with Crippen LogP contribution in [0.15, 0.2) is 30.3 Å². The van der Waals surface area contributed by atoms with Crippen molar-refractivity contribution in [1.82, 2.24) is 4.57 Å². The minimum atomic E-state index is 0.542. The average Bonchev–Trinajstić information content (AvgIpc) is 2.70. The molecular weight excluding hydrogens is 206 g/mol. The van der Waals surface area contributed by atoms with Gasteiger partial charge in [0.15, 0.2) is 0 Å². The third-order valence-electron chi connectivity index (χ3n) is 2.46. The van der Waals surface area contributed by atoms with E-state index in [0.29, 0.717) is 6.04 Å². The highest BCUT2D eigenvalue weighted by atomic mass is 15.0. The van der Waals surface area contributed by atoms with Gasteiger partial charge in [-0.05, 0) is 38.3 Å². The standard InChI is InChI=1S/C12H15N.2C2H6/c1-9(2)13-10(3)8-11-6-4-5-7-12(11)13;2*1-2/h4-9H,1-3H3;2*1-2H3. The van der Waals surface area contributed by atoms with Crippen LogP contribution >= 0.6 is 0 Å². The zero-order chi connectivity index (χ0) is 13.4. The van der Waals surface area contributed by atoms with Crippen LogP contribution in [-0.4, -0.2) is 4.57 Å². The summed E-state index contributed by atoms with van der Waals surface area (Å²) in [4.78, 5) is 0. The fourth-order valence-electron chi connectivity index (χ4n) is 2.00. The maximum atomic E-state index is 2.37. The van der Waals surface area contributed by atoms with Crippen LogP contribution < -0.4 is 0 Å². The molecule has 2 aromatic rings. The van der Waals surface area contributed by atoms with Crippen LogP contribution in [0.2, 0.25) is 0 Å². The monoisotopic (exact) mass is 233 g/mol. The molecule has 0 saturated carbocycles. The molecule has 0 saturated heterocycles. The predicted octanol–water partition coefficient (Wildman–Crippen LogP) is 5.58. The normalized spacial score (nSPS) is 9.41. The van der Waals surface area contributed by atoms with E-state index in [1.165, 1.54) is 16.6 Å². The van der Waals surface area contributed by atoms with E-state index in [-0.39, 0.29) is 0 Å². The molecule has 0 bridgehead atoms. The molecule has 17 heavy (non-hydrogen) atoms. The van der Waals surface area contributed by atoms with Gasteiger partial charge in [0.1, 0.15) is 0 Å². The summed E-state index contributed by atoms with van der Waals surface area (Å²) in [5.41, 5.74) is 2.69. The van der Waals surface area contributed by atoms with Crippen LogP contribution in [0.1, 0.15) is 53.3 Å². The first kappa shape index (κ1) is 15.8. The van der Waals surface area contributed by atoms with E-state index in [0.717, 1.165) is 0 Å². The second-order valence-corrected chi connectivity index (χ2v) is 3.81. The second-order valence-electron chi connectivity index (χ2n) is 3.81. The highest BCUT2D eigenvalue weighted by Gasteiger charge is 2.06. The van der Waals surface area contributed by atoms with Crippen LogP contribution in [0.4, 0.5) is 0 Å². The molecule has 1 heterocycles. The van der Waals surface area contributed by atoms with Crippen molar-refractivity contribution in [3.8, 4) is 0 Å². The van der Waals surface area contributed by atoms with Gasteiger partial charge in [-0.3, -0.25) is 0 Å². The minimum absolute atomic E-state index is 0.542. The topological polar surface area (TPSA) is 4.93 Å². The quantitative estimate of drug-likeness (QED) is 0.605. The van der Waals surface area contributed by atoms with Crippen molar-refractivity contribution in [2.24, 2.45) is 0 Å². The molecule has 2 rings (SSSR count). The predicted molar refractivity (Wildman–Crippen MR) is 79.8 cm³/mol. The number of rotatable bonds is 1. The lowest BCUT2D eigenvalue weighted by Gasteiger charge is -2.11. The van der Waals surface area contributed by atoms with Gasteiger partial charge < -0.3 is 4.57 Å². The van der Waals surface area contributed by atoms with E-state index >= 15 is 0 Å². The van der Waals surface area contributed by atoms with Crippen molar-refractivity contribution >= 4 is 10.9 Å². The average molecular weight is 233 g/mol. The van der Waals surface area contributed by atoms with Crippen molar-refractivity contribution in [1.29, 1.82) is 0 Å². The molecule has 0 spiro atoms. The van der Waals surface area contributed by atoms with E-state index in [1.807, 2.05) is 27.7 Å². The smallest absolute Gasteiger partial charge is 0.0484 e. The number of fused-ring (bicyclic) bond motifs is 1. The Morgan fingerprint density at radius 3 is 2.00 bits per heavy atom. The number of hydrogen-bond acceptors (Lipinski definition) is 0. The lowest BCUT2D eigenvalue weighted by molar-refractivity contribution is 0.608. The molecule has 1 heteroatoms. The molecule has 0 unspecified atom stereocenters. The number of hydrogen-bond donors (Lipinski definition) is 0. The zero-order valence-electron chi connectivity index (χ0n) is 12.4. The van der Waals surface area contributed by atoms with E-state index in [2.05, 4.69) is 55.7 Å². The molecule has 0 N–H and O–H groups in total. The Morgan fingerprint density at radius 1 is 0.941 bits per heavy atom. The third-order valence-corrected chi connectivity index (χ3v) is 2.46. The number of nitrogens with zero attached hydrogens (tertiary/aromatic N) is 1. The Bertz CT molecular complexity index is 424. The van der Waals surface area contributed by atoms with Crippen LogP contribution in [0.5, 0.6) is 0 Å². The summed E-state index contributed by atoms with van der Waals surface area (Å²) in [5.74, 6) is 0. The number of benzene rings is 1. The lowest BCUT2D eigenvalue weighted by atomic mass is 10.2. The Kier molecular flexibility index (Phi) is 7.36. The molecule has 0 fully saturated rings. The maximum Gasteiger partial charge on any atom is 0.0484 e. The Hall–Kier alpha value is -1.24. The lowest BCUT2D eigenvalue weighted by Crippen LogP contribution is -2.01. The third kappa shape index (κ3) is 3.62. The Labute approximate surface area is 106 Å². The highest BCUT2D eigenvalue weighted by molar-refractivity contribution is 5.81. The fourth-order valence-corrected chi connectivity index (χ4v) is 2.00. The summed E-state index contributed by atoms with van der Waals surface area (Å²) in [5, 5.41) is 1.34. The molecule has 0 aliphatic heterocycles. The van der Waals surface area contributed by atoms with Gasteiger partial charge in [-0.1, -0.05) is 45.9 Å². The first-order valence-corrected chi connectivity index (χ1v) is 6.76. The molecule has 0 radical (unpaired) electrons. The number of para-hydroxylation sites is 1. The molecular formula is C16H27N. The summed E-state index contributed by atoms with van der Waals surface area (Å²) in [7, 11) is 0. The van der Waals surface area contributed by atoms with Gasteiger partial charge in [0, 0.05) is 17.3 Å². The largest absolute Gasteiger partial charge is 0.342 e. The number of aryl methyl sites for hydroxylation is 1. The van der Waals surface area contributed by atoms with Crippen LogP contribution in [-0.2, 0) is 0 Å².